The second kappa shape index (κ2) is 8.26. The molecule has 25 heavy (non-hydrogen) atoms. The van der Waals surface area contributed by atoms with Crippen molar-refractivity contribution in [3.8, 4) is 5.75 Å². The lowest BCUT2D eigenvalue weighted by molar-refractivity contribution is 0.412. The number of hydrogen-bond donors (Lipinski definition) is 0. The Hall–Kier alpha value is -2.20. The van der Waals surface area contributed by atoms with Gasteiger partial charge in [0.25, 0.3) is 0 Å². The SMILES string of the molecule is CCN(C)C=Nc1cc(C)c(N(C)c2ccc(OC)c(C)c2)cc1Cl. The van der Waals surface area contributed by atoms with E-state index in [0.29, 0.717) is 5.02 Å². The van der Waals surface area contributed by atoms with E-state index in [9.17, 15) is 0 Å². The second-order valence-corrected chi connectivity index (χ2v) is 6.53. The molecule has 4 nitrogen and oxygen atoms in total. The van der Waals surface area contributed by atoms with Crippen molar-refractivity contribution in [3.05, 3.63) is 46.5 Å². The Balaban J connectivity index is 2.34. The molecule has 0 saturated carbocycles. The quantitative estimate of drug-likeness (QED) is 0.514. The third kappa shape index (κ3) is 4.45. The topological polar surface area (TPSA) is 28.1 Å². The zero-order valence-corrected chi connectivity index (χ0v) is 16.6. The molecular formula is C20H26ClN3O. The van der Waals surface area contributed by atoms with Gasteiger partial charge < -0.3 is 14.5 Å². The number of aliphatic imine (C=N–C) groups is 1. The second-order valence-electron chi connectivity index (χ2n) is 6.12. The molecule has 0 aromatic heterocycles. The van der Waals surface area contributed by atoms with Crippen molar-refractivity contribution < 1.29 is 4.74 Å². The largest absolute Gasteiger partial charge is 0.496 e. The van der Waals surface area contributed by atoms with E-state index in [2.05, 4.69) is 29.8 Å². The lowest BCUT2D eigenvalue weighted by Crippen LogP contribution is -2.14. The van der Waals surface area contributed by atoms with Crippen molar-refractivity contribution in [2.24, 2.45) is 4.99 Å². The van der Waals surface area contributed by atoms with Crippen molar-refractivity contribution >= 4 is 35.0 Å². The van der Waals surface area contributed by atoms with E-state index in [1.54, 1.807) is 13.4 Å². The van der Waals surface area contributed by atoms with Crippen LogP contribution in [-0.4, -0.2) is 39.0 Å². The minimum absolute atomic E-state index is 0.637. The summed E-state index contributed by atoms with van der Waals surface area (Å²) in [6, 6.07) is 10.1. The van der Waals surface area contributed by atoms with Gasteiger partial charge in [0.1, 0.15) is 5.75 Å². The number of rotatable bonds is 6. The van der Waals surface area contributed by atoms with Gasteiger partial charge in [0, 0.05) is 32.0 Å². The minimum atomic E-state index is 0.637. The number of methoxy groups -OCH3 is 1. The zero-order chi connectivity index (χ0) is 18.6. The summed E-state index contributed by atoms with van der Waals surface area (Å²) in [5.74, 6) is 0.886. The van der Waals surface area contributed by atoms with Gasteiger partial charge in [0.05, 0.1) is 24.2 Å². The number of halogens is 1. The first-order valence-corrected chi connectivity index (χ1v) is 8.68. The molecule has 0 fully saturated rings. The number of benzene rings is 2. The van der Waals surface area contributed by atoms with Gasteiger partial charge in [-0.3, -0.25) is 0 Å². The van der Waals surface area contributed by atoms with Crippen LogP contribution in [0, 0.1) is 13.8 Å². The summed E-state index contributed by atoms with van der Waals surface area (Å²) < 4.78 is 5.34. The number of hydrogen-bond acceptors (Lipinski definition) is 3. The molecule has 5 heteroatoms. The number of aryl methyl sites for hydroxylation is 2. The molecule has 0 amide bonds. The summed E-state index contributed by atoms with van der Waals surface area (Å²) in [5.41, 5.74) is 5.13. The Labute approximate surface area is 155 Å². The average molecular weight is 360 g/mol. The van der Waals surface area contributed by atoms with Crippen LogP contribution in [0.2, 0.25) is 5.02 Å². The summed E-state index contributed by atoms with van der Waals surface area (Å²) in [7, 11) is 5.71. The Morgan fingerprint density at radius 2 is 1.84 bits per heavy atom. The van der Waals surface area contributed by atoms with E-state index in [1.165, 1.54) is 0 Å². The Bertz CT molecular complexity index is 774. The van der Waals surface area contributed by atoms with Crippen LogP contribution in [0.5, 0.6) is 5.75 Å². The Kier molecular flexibility index (Phi) is 6.32. The van der Waals surface area contributed by atoms with Crippen LogP contribution in [0.4, 0.5) is 17.1 Å². The van der Waals surface area contributed by atoms with Crippen LogP contribution in [0.25, 0.3) is 0 Å². The highest BCUT2D eigenvalue weighted by atomic mass is 35.5. The van der Waals surface area contributed by atoms with E-state index in [0.717, 1.165) is 40.5 Å². The highest BCUT2D eigenvalue weighted by molar-refractivity contribution is 6.33. The van der Waals surface area contributed by atoms with Crippen LogP contribution in [0.15, 0.2) is 35.3 Å². The van der Waals surface area contributed by atoms with Gasteiger partial charge in [-0.25, -0.2) is 4.99 Å². The van der Waals surface area contributed by atoms with E-state index in [4.69, 9.17) is 16.3 Å². The Morgan fingerprint density at radius 3 is 2.44 bits per heavy atom. The van der Waals surface area contributed by atoms with E-state index in [1.807, 2.05) is 50.2 Å². The molecule has 0 aliphatic carbocycles. The molecule has 2 rings (SSSR count). The van der Waals surface area contributed by atoms with Crippen LogP contribution in [0.3, 0.4) is 0 Å². The number of anilines is 2. The summed E-state index contributed by atoms with van der Waals surface area (Å²) in [4.78, 5) is 8.61. The molecule has 0 bridgehead atoms. The van der Waals surface area contributed by atoms with Crippen molar-refractivity contribution in [2.75, 3.05) is 32.6 Å². The first-order chi connectivity index (χ1) is 11.9. The fourth-order valence-electron chi connectivity index (χ4n) is 2.57. The van der Waals surface area contributed by atoms with Crippen LogP contribution in [0.1, 0.15) is 18.1 Å². The molecule has 0 aliphatic heterocycles. The Morgan fingerprint density at radius 1 is 1.12 bits per heavy atom. The third-order valence-corrected chi connectivity index (χ3v) is 4.59. The van der Waals surface area contributed by atoms with Crippen molar-refractivity contribution in [1.82, 2.24) is 4.90 Å². The molecule has 0 aliphatic rings. The van der Waals surface area contributed by atoms with Gasteiger partial charge in [-0.15, -0.1) is 0 Å². The fraction of sp³-hybridized carbons (Fsp3) is 0.350. The van der Waals surface area contributed by atoms with Gasteiger partial charge in [-0.1, -0.05) is 11.6 Å². The summed E-state index contributed by atoms with van der Waals surface area (Å²) >= 11 is 6.46. The molecule has 2 aromatic carbocycles. The van der Waals surface area contributed by atoms with Crippen LogP contribution < -0.4 is 9.64 Å². The van der Waals surface area contributed by atoms with Gasteiger partial charge in [0.15, 0.2) is 0 Å². The first kappa shape index (κ1) is 19.1. The molecule has 0 spiro atoms. The summed E-state index contributed by atoms with van der Waals surface area (Å²) in [5, 5.41) is 0.637. The maximum atomic E-state index is 6.46. The molecule has 0 saturated heterocycles. The normalized spacial score (nSPS) is 11.0. The third-order valence-electron chi connectivity index (χ3n) is 4.29. The molecular weight excluding hydrogens is 334 g/mol. The first-order valence-electron chi connectivity index (χ1n) is 8.30. The number of nitrogens with zero attached hydrogens (tertiary/aromatic N) is 3. The summed E-state index contributed by atoms with van der Waals surface area (Å²) in [6.07, 6.45) is 1.80. The predicted octanol–water partition coefficient (Wildman–Crippen LogP) is 5.34. The molecule has 2 aromatic rings. The standard InChI is InChI=1S/C20H26ClN3O/c1-7-23(4)13-22-18-11-14(2)19(12-17(18)21)24(5)16-8-9-20(25-6)15(3)10-16/h8-13H,7H2,1-6H3. The van der Waals surface area contributed by atoms with Gasteiger partial charge >= 0.3 is 0 Å². The molecule has 0 atom stereocenters. The highest BCUT2D eigenvalue weighted by Crippen LogP contribution is 2.36. The average Bonchev–Trinajstić information content (AvgIpc) is 2.61. The lowest BCUT2D eigenvalue weighted by atomic mass is 10.1. The molecule has 134 valence electrons. The molecule has 0 unspecified atom stereocenters. The van der Waals surface area contributed by atoms with Crippen LogP contribution in [-0.2, 0) is 0 Å². The maximum absolute atomic E-state index is 6.46. The predicted molar refractivity (Wildman–Crippen MR) is 108 cm³/mol. The number of ether oxygens (including phenoxy) is 1. The zero-order valence-electron chi connectivity index (χ0n) is 15.8. The van der Waals surface area contributed by atoms with Gasteiger partial charge in [0.2, 0.25) is 0 Å². The minimum Gasteiger partial charge on any atom is -0.496 e. The van der Waals surface area contributed by atoms with Crippen molar-refractivity contribution in [1.29, 1.82) is 0 Å². The molecule has 0 N–H and O–H groups in total. The van der Waals surface area contributed by atoms with Gasteiger partial charge in [-0.05, 0) is 62.2 Å². The van der Waals surface area contributed by atoms with E-state index >= 15 is 0 Å². The smallest absolute Gasteiger partial charge is 0.121 e. The van der Waals surface area contributed by atoms with Crippen LogP contribution >= 0.6 is 11.6 Å². The molecule has 0 radical (unpaired) electrons. The van der Waals surface area contributed by atoms with Crippen molar-refractivity contribution in [2.45, 2.75) is 20.8 Å². The van der Waals surface area contributed by atoms with E-state index < -0.39 is 0 Å². The van der Waals surface area contributed by atoms with Gasteiger partial charge in [-0.2, -0.15) is 0 Å². The monoisotopic (exact) mass is 359 g/mol. The van der Waals surface area contributed by atoms with E-state index in [-0.39, 0.29) is 0 Å². The van der Waals surface area contributed by atoms with Crippen molar-refractivity contribution in [3.63, 3.8) is 0 Å². The molecule has 0 heterocycles. The highest BCUT2D eigenvalue weighted by Gasteiger charge is 2.12. The maximum Gasteiger partial charge on any atom is 0.121 e. The fourth-order valence-corrected chi connectivity index (χ4v) is 2.78. The summed E-state index contributed by atoms with van der Waals surface area (Å²) in [6.45, 7) is 7.09. The lowest BCUT2D eigenvalue weighted by Gasteiger charge is -2.23.